The van der Waals surface area contributed by atoms with Crippen molar-refractivity contribution < 1.29 is 0 Å². The second kappa shape index (κ2) is 4.55. The molecule has 0 amide bonds. The van der Waals surface area contributed by atoms with Crippen molar-refractivity contribution in [2.45, 2.75) is 16.7 Å². The fraction of sp³-hybridized carbons (Fsp3) is 0.300. The second-order valence-electron chi connectivity index (χ2n) is 2.76. The van der Waals surface area contributed by atoms with Gasteiger partial charge in [-0.25, -0.2) is 4.98 Å². The number of thioether (sulfide) groups is 2. The van der Waals surface area contributed by atoms with E-state index in [1.54, 1.807) is 23.1 Å². The summed E-state index contributed by atoms with van der Waals surface area (Å²) in [5.74, 6) is 1.12. The molecule has 2 aromatic rings. The molecule has 0 atom stereocenters. The number of hydrogen-bond donors (Lipinski definition) is 0. The summed E-state index contributed by atoms with van der Waals surface area (Å²) in [6.07, 6.45) is 2.12. The summed E-state index contributed by atoms with van der Waals surface area (Å²) in [5.41, 5.74) is 3.04. The van der Waals surface area contributed by atoms with Crippen LogP contribution in [-0.2, 0) is 0 Å². The van der Waals surface area contributed by atoms with Crippen molar-refractivity contribution in [3.8, 4) is 0 Å². The summed E-state index contributed by atoms with van der Waals surface area (Å²) in [7, 11) is 0. The van der Waals surface area contributed by atoms with Gasteiger partial charge in [-0.2, -0.15) is 0 Å². The van der Waals surface area contributed by atoms with Crippen molar-refractivity contribution in [3.63, 3.8) is 0 Å². The van der Waals surface area contributed by atoms with Crippen LogP contribution in [0.25, 0.3) is 10.2 Å². The molecule has 0 aliphatic rings. The molecule has 0 saturated carbocycles. The molecule has 1 aromatic carbocycles. The number of fused-ring (bicyclic) bond motifs is 1. The van der Waals surface area contributed by atoms with Gasteiger partial charge in [-0.1, -0.05) is 6.92 Å². The Morgan fingerprint density at radius 1 is 1.36 bits per heavy atom. The van der Waals surface area contributed by atoms with Gasteiger partial charge in [0.05, 0.1) is 15.7 Å². The first-order valence-electron chi connectivity index (χ1n) is 4.39. The van der Waals surface area contributed by atoms with Gasteiger partial charge >= 0.3 is 0 Å². The first kappa shape index (κ1) is 10.3. The first-order chi connectivity index (χ1) is 6.85. The average Bonchev–Trinajstić information content (AvgIpc) is 2.64. The normalized spacial score (nSPS) is 11.0. The monoisotopic (exact) mass is 241 g/mol. The van der Waals surface area contributed by atoms with Crippen molar-refractivity contribution in [3.05, 3.63) is 17.6 Å². The predicted octanol–water partition coefficient (Wildman–Crippen LogP) is 4.13. The van der Waals surface area contributed by atoms with Crippen molar-refractivity contribution in [2.75, 3.05) is 12.0 Å². The summed E-state index contributed by atoms with van der Waals surface area (Å²) >= 11 is 5.41. The minimum atomic E-state index is 1.12. The molecule has 0 unspecified atom stereocenters. The highest BCUT2D eigenvalue weighted by atomic mass is 32.2. The van der Waals surface area contributed by atoms with Crippen LogP contribution in [0.3, 0.4) is 0 Å². The van der Waals surface area contributed by atoms with E-state index in [2.05, 4.69) is 30.3 Å². The lowest BCUT2D eigenvalue weighted by Crippen LogP contribution is -1.79. The number of hydrogen-bond acceptors (Lipinski definition) is 4. The van der Waals surface area contributed by atoms with E-state index < -0.39 is 0 Å². The van der Waals surface area contributed by atoms with E-state index in [0.717, 1.165) is 11.3 Å². The Balaban J connectivity index is 2.54. The summed E-state index contributed by atoms with van der Waals surface area (Å²) < 4.78 is 1.29. The molecule has 2 rings (SSSR count). The van der Waals surface area contributed by atoms with Gasteiger partial charge in [-0.05, 0) is 24.1 Å². The molecule has 74 valence electrons. The molecule has 0 fully saturated rings. The lowest BCUT2D eigenvalue weighted by atomic mass is 10.3. The van der Waals surface area contributed by atoms with Crippen LogP contribution in [0.15, 0.2) is 27.4 Å². The van der Waals surface area contributed by atoms with Crippen LogP contribution in [-0.4, -0.2) is 17.0 Å². The Labute approximate surface area is 96.3 Å². The topological polar surface area (TPSA) is 12.9 Å². The van der Waals surface area contributed by atoms with Gasteiger partial charge < -0.3 is 0 Å². The molecule has 4 heteroatoms. The van der Waals surface area contributed by atoms with E-state index in [4.69, 9.17) is 0 Å². The van der Waals surface area contributed by atoms with Crippen LogP contribution >= 0.6 is 34.9 Å². The minimum absolute atomic E-state index is 1.12. The number of nitrogens with zero attached hydrogens (tertiary/aromatic N) is 1. The van der Waals surface area contributed by atoms with E-state index in [9.17, 15) is 0 Å². The van der Waals surface area contributed by atoms with Crippen molar-refractivity contribution >= 4 is 45.1 Å². The maximum Gasteiger partial charge on any atom is 0.0823 e. The number of benzene rings is 1. The Kier molecular flexibility index (Phi) is 3.36. The van der Waals surface area contributed by atoms with Gasteiger partial charge in [-0.3, -0.25) is 0 Å². The third kappa shape index (κ3) is 1.92. The van der Waals surface area contributed by atoms with E-state index >= 15 is 0 Å². The van der Waals surface area contributed by atoms with E-state index in [1.807, 2.05) is 17.3 Å². The van der Waals surface area contributed by atoms with Crippen LogP contribution in [0.2, 0.25) is 0 Å². The summed E-state index contributed by atoms with van der Waals surface area (Å²) in [6.45, 7) is 2.19. The standard InChI is InChI=1S/C10H11NS3/c1-3-13-10-5-8-7(11-6-14-8)4-9(10)12-2/h4-6H,3H2,1-2H3. The molecule has 0 aliphatic heterocycles. The molecule has 0 saturated heterocycles. The highest BCUT2D eigenvalue weighted by molar-refractivity contribution is 8.02. The number of aromatic nitrogens is 1. The highest BCUT2D eigenvalue weighted by Gasteiger charge is 2.05. The Bertz CT molecular complexity index is 436. The Morgan fingerprint density at radius 2 is 2.21 bits per heavy atom. The smallest absolute Gasteiger partial charge is 0.0823 e. The van der Waals surface area contributed by atoms with Crippen molar-refractivity contribution in [2.24, 2.45) is 0 Å². The van der Waals surface area contributed by atoms with Gasteiger partial charge in [0.15, 0.2) is 0 Å². The molecular formula is C10H11NS3. The van der Waals surface area contributed by atoms with E-state index in [0.29, 0.717) is 0 Å². The molecule has 0 N–H and O–H groups in total. The predicted molar refractivity (Wildman–Crippen MR) is 67.8 cm³/mol. The van der Waals surface area contributed by atoms with Gasteiger partial charge in [0.1, 0.15) is 0 Å². The van der Waals surface area contributed by atoms with Crippen LogP contribution in [0, 0.1) is 0 Å². The molecule has 14 heavy (non-hydrogen) atoms. The zero-order chi connectivity index (χ0) is 9.97. The van der Waals surface area contributed by atoms with Crippen molar-refractivity contribution in [1.29, 1.82) is 0 Å². The molecule has 1 aromatic heterocycles. The molecule has 1 heterocycles. The third-order valence-corrected chi connectivity index (χ3v) is 4.55. The van der Waals surface area contributed by atoms with Crippen LogP contribution in [0.4, 0.5) is 0 Å². The fourth-order valence-corrected chi connectivity index (χ4v) is 3.70. The lowest BCUT2D eigenvalue weighted by molar-refractivity contribution is 1.27. The van der Waals surface area contributed by atoms with E-state index in [1.165, 1.54) is 14.5 Å². The second-order valence-corrected chi connectivity index (χ2v) is 5.80. The van der Waals surface area contributed by atoms with Gasteiger partial charge in [0, 0.05) is 9.79 Å². The van der Waals surface area contributed by atoms with Crippen LogP contribution in [0.1, 0.15) is 6.92 Å². The zero-order valence-corrected chi connectivity index (χ0v) is 10.6. The number of rotatable bonds is 3. The summed E-state index contributed by atoms with van der Waals surface area (Å²) in [4.78, 5) is 7.05. The molecule has 0 spiro atoms. The first-order valence-corrected chi connectivity index (χ1v) is 7.48. The summed E-state index contributed by atoms with van der Waals surface area (Å²) in [6, 6.07) is 4.45. The average molecular weight is 241 g/mol. The van der Waals surface area contributed by atoms with Crippen LogP contribution < -0.4 is 0 Å². The SMILES string of the molecule is CCSc1cc2scnc2cc1SC. The molecule has 0 radical (unpaired) electrons. The van der Waals surface area contributed by atoms with Crippen molar-refractivity contribution in [1.82, 2.24) is 4.98 Å². The minimum Gasteiger partial charge on any atom is -0.245 e. The van der Waals surface area contributed by atoms with Gasteiger partial charge in [-0.15, -0.1) is 34.9 Å². The fourth-order valence-electron chi connectivity index (χ4n) is 1.29. The largest absolute Gasteiger partial charge is 0.245 e. The lowest BCUT2D eigenvalue weighted by Gasteiger charge is -2.05. The Hall–Kier alpha value is -0.190. The third-order valence-electron chi connectivity index (χ3n) is 1.92. The highest BCUT2D eigenvalue weighted by Crippen LogP contribution is 2.34. The van der Waals surface area contributed by atoms with Crippen LogP contribution in [0.5, 0.6) is 0 Å². The number of thiazole rings is 1. The maximum absolute atomic E-state index is 4.32. The summed E-state index contributed by atoms with van der Waals surface area (Å²) in [5, 5.41) is 0. The van der Waals surface area contributed by atoms with Gasteiger partial charge in [0.2, 0.25) is 0 Å². The maximum atomic E-state index is 4.32. The van der Waals surface area contributed by atoms with E-state index in [-0.39, 0.29) is 0 Å². The molecule has 1 nitrogen and oxygen atoms in total. The molecule has 0 bridgehead atoms. The molecular weight excluding hydrogens is 230 g/mol. The zero-order valence-electron chi connectivity index (χ0n) is 8.11. The quantitative estimate of drug-likeness (QED) is 0.750. The Morgan fingerprint density at radius 3 is 2.93 bits per heavy atom. The molecule has 0 aliphatic carbocycles. The van der Waals surface area contributed by atoms with Gasteiger partial charge in [0.25, 0.3) is 0 Å².